The largest absolute Gasteiger partial charge is 0.478 e. The van der Waals surface area contributed by atoms with Crippen LogP contribution in [0.15, 0.2) is 41.1 Å². The van der Waals surface area contributed by atoms with E-state index in [0.29, 0.717) is 16.4 Å². The standard InChI is InChI=1S/C12H8BrClN2O2/c13-9-2-1-7(14)5-10(9)16-11-6-15-4-3-8(11)12(17)18/h1-6,16H,(H,17,18). The summed E-state index contributed by atoms with van der Waals surface area (Å²) in [6.45, 7) is 0. The Morgan fingerprint density at radius 3 is 2.83 bits per heavy atom. The maximum Gasteiger partial charge on any atom is 0.337 e. The van der Waals surface area contributed by atoms with Crippen LogP contribution in [0.2, 0.25) is 5.02 Å². The molecule has 0 unspecified atom stereocenters. The molecule has 0 fully saturated rings. The Hall–Kier alpha value is -1.59. The van der Waals surface area contributed by atoms with E-state index in [9.17, 15) is 4.79 Å². The van der Waals surface area contributed by atoms with Crippen LogP contribution in [0.3, 0.4) is 0 Å². The second-order valence-corrected chi connectivity index (χ2v) is 4.77. The summed E-state index contributed by atoms with van der Waals surface area (Å²) in [5.74, 6) is -1.02. The molecule has 2 N–H and O–H groups in total. The number of nitrogens with one attached hydrogen (secondary N) is 1. The number of carboxylic acids is 1. The molecular formula is C12H8BrClN2O2. The number of anilines is 2. The van der Waals surface area contributed by atoms with E-state index < -0.39 is 5.97 Å². The summed E-state index contributed by atoms with van der Waals surface area (Å²) in [4.78, 5) is 15.0. The van der Waals surface area contributed by atoms with Gasteiger partial charge in [0.25, 0.3) is 0 Å². The third kappa shape index (κ3) is 2.80. The Bertz CT molecular complexity index is 604. The topological polar surface area (TPSA) is 62.2 Å². The zero-order chi connectivity index (χ0) is 13.1. The van der Waals surface area contributed by atoms with Gasteiger partial charge in [-0.15, -0.1) is 0 Å². The molecule has 0 bridgehead atoms. The molecule has 1 aromatic heterocycles. The maximum absolute atomic E-state index is 11.1. The normalized spacial score (nSPS) is 10.1. The second kappa shape index (κ2) is 5.37. The van der Waals surface area contributed by atoms with Gasteiger partial charge >= 0.3 is 5.97 Å². The number of pyridine rings is 1. The number of hydrogen-bond donors (Lipinski definition) is 2. The summed E-state index contributed by atoms with van der Waals surface area (Å²) in [5, 5.41) is 12.6. The molecule has 2 rings (SSSR count). The minimum atomic E-state index is -1.02. The molecule has 0 saturated carbocycles. The fraction of sp³-hybridized carbons (Fsp3) is 0. The highest BCUT2D eigenvalue weighted by molar-refractivity contribution is 9.10. The Labute approximate surface area is 117 Å². The number of carboxylic acid groups (broad SMARTS) is 1. The second-order valence-electron chi connectivity index (χ2n) is 3.48. The number of benzene rings is 1. The first-order valence-electron chi connectivity index (χ1n) is 4.97. The number of carbonyl (C=O) groups is 1. The molecule has 92 valence electrons. The third-order valence-corrected chi connectivity index (χ3v) is 3.18. The van der Waals surface area contributed by atoms with Gasteiger partial charge in [0, 0.05) is 15.7 Å². The molecule has 0 aliphatic carbocycles. The van der Waals surface area contributed by atoms with Crippen LogP contribution in [0.1, 0.15) is 10.4 Å². The first kappa shape index (κ1) is 12.9. The fourth-order valence-corrected chi connectivity index (χ4v) is 1.94. The lowest BCUT2D eigenvalue weighted by Gasteiger charge is -2.10. The Morgan fingerprint density at radius 1 is 1.33 bits per heavy atom. The first-order chi connectivity index (χ1) is 8.58. The summed E-state index contributed by atoms with van der Waals surface area (Å²) >= 11 is 9.25. The molecule has 0 saturated heterocycles. The highest BCUT2D eigenvalue weighted by Gasteiger charge is 2.11. The van der Waals surface area contributed by atoms with Crippen LogP contribution >= 0.6 is 27.5 Å². The van der Waals surface area contributed by atoms with E-state index >= 15 is 0 Å². The predicted octanol–water partition coefficient (Wildman–Crippen LogP) is 3.94. The Morgan fingerprint density at radius 2 is 2.11 bits per heavy atom. The van der Waals surface area contributed by atoms with Crippen molar-refractivity contribution in [3.05, 3.63) is 51.7 Å². The lowest BCUT2D eigenvalue weighted by atomic mass is 10.2. The van der Waals surface area contributed by atoms with Gasteiger partial charge in [0.05, 0.1) is 23.1 Å². The summed E-state index contributed by atoms with van der Waals surface area (Å²) in [5.41, 5.74) is 1.24. The average Bonchev–Trinajstić information content (AvgIpc) is 2.34. The minimum absolute atomic E-state index is 0.150. The van der Waals surface area contributed by atoms with Crippen molar-refractivity contribution < 1.29 is 9.90 Å². The van der Waals surface area contributed by atoms with Crippen LogP contribution < -0.4 is 5.32 Å². The van der Waals surface area contributed by atoms with Crippen molar-refractivity contribution in [3.8, 4) is 0 Å². The van der Waals surface area contributed by atoms with E-state index in [4.69, 9.17) is 16.7 Å². The molecule has 0 spiro atoms. The van der Waals surface area contributed by atoms with Gasteiger partial charge in [0.1, 0.15) is 0 Å². The average molecular weight is 328 g/mol. The number of nitrogens with zero attached hydrogens (tertiary/aromatic N) is 1. The highest BCUT2D eigenvalue weighted by Crippen LogP contribution is 2.29. The molecule has 6 heteroatoms. The number of hydrogen-bond acceptors (Lipinski definition) is 3. The van der Waals surface area contributed by atoms with Gasteiger partial charge < -0.3 is 10.4 Å². The minimum Gasteiger partial charge on any atom is -0.478 e. The maximum atomic E-state index is 11.1. The monoisotopic (exact) mass is 326 g/mol. The van der Waals surface area contributed by atoms with Crippen molar-refractivity contribution in [2.24, 2.45) is 0 Å². The van der Waals surface area contributed by atoms with Crippen LogP contribution in [0.4, 0.5) is 11.4 Å². The summed E-state index contributed by atoms with van der Waals surface area (Å²) in [6.07, 6.45) is 2.89. The highest BCUT2D eigenvalue weighted by atomic mass is 79.9. The van der Waals surface area contributed by atoms with Gasteiger partial charge in [-0.05, 0) is 40.2 Å². The molecule has 0 aliphatic heterocycles. The SMILES string of the molecule is O=C(O)c1ccncc1Nc1cc(Cl)ccc1Br. The number of halogens is 2. The first-order valence-corrected chi connectivity index (χ1v) is 6.14. The van der Waals surface area contributed by atoms with Gasteiger partial charge in [0.2, 0.25) is 0 Å². The zero-order valence-corrected chi connectivity index (χ0v) is 11.4. The van der Waals surface area contributed by atoms with E-state index in [1.54, 1.807) is 18.2 Å². The van der Waals surface area contributed by atoms with Crippen LogP contribution in [0.25, 0.3) is 0 Å². The van der Waals surface area contributed by atoms with Crippen molar-refractivity contribution in [1.82, 2.24) is 4.98 Å². The fourth-order valence-electron chi connectivity index (χ4n) is 1.42. The Kier molecular flexibility index (Phi) is 3.84. The van der Waals surface area contributed by atoms with Gasteiger partial charge in [-0.25, -0.2) is 4.79 Å². The number of aromatic nitrogens is 1. The molecule has 0 atom stereocenters. The van der Waals surface area contributed by atoms with Crippen molar-refractivity contribution in [2.45, 2.75) is 0 Å². The summed E-state index contributed by atoms with van der Waals surface area (Å²) < 4.78 is 0.784. The van der Waals surface area contributed by atoms with Gasteiger partial charge in [-0.1, -0.05) is 11.6 Å². The van der Waals surface area contributed by atoms with E-state index in [2.05, 4.69) is 26.2 Å². The van der Waals surface area contributed by atoms with E-state index in [1.807, 2.05) is 0 Å². The summed E-state index contributed by atoms with van der Waals surface area (Å²) in [7, 11) is 0. The van der Waals surface area contributed by atoms with Gasteiger partial charge in [0.15, 0.2) is 0 Å². The van der Waals surface area contributed by atoms with Crippen LogP contribution in [0, 0.1) is 0 Å². The predicted molar refractivity (Wildman–Crippen MR) is 73.6 cm³/mol. The number of rotatable bonds is 3. The van der Waals surface area contributed by atoms with Crippen molar-refractivity contribution >= 4 is 44.9 Å². The molecule has 18 heavy (non-hydrogen) atoms. The van der Waals surface area contributed by atoms with Crippen molar-refractivity contribution in [3.63, 3.8) is 0 Å². The molecule has 0 aliphatic rings. The number of aromatic carboxylic acids is 1. The van der Waals surface area contributed by atoms with Crippen molar-refractivity contribution in [2.75, 3.05) is 5.32 Å². The quantitative estimate of drug-likeness (QED) is 0.896. The molecule has 4 nitrogen and oxygen atoms in total. The van der Waals surface area contributed by atoms with Gasteiger partial charge in [-0.2, -0.15) is 0 Å². The van der Waals surface area contributed by atoms with E-state index in [-0.39, 0.29) is 5.56 Å². The molecular weight excluding hydrogens is 320 g/mol. The molecule has 1 heterocycles. The van der Waals surface area contributed by atoms with E-state index in [0.717, 1.165) is 4.47 Å². The molecule has 0 amide bonds. The summed E-state index contributed by atoms with van der Waals surface area (Å²) in [6, 6.07) is 6.65. The van der Waals surface area contributed by atoms with Crippen molar-refractivity contribution in [1.29, 1.82) is 0 Å². The molecule has 2 aromatic rings. The lowest BCUT2D eigenvalue weighted by molar-refractivity contribution is 0.0698. The van der Waals surface area contributed by atoms with Gasteiger partial charge in [-0.3, -0.25) is 4.98 Å². The van der Waals surface area contributed by atoms with E-state index in [1.165, 1.54) is 18.5 Å². The Balaban J connectivity index is 2.40. The smallest absolute Gasteiger partial charge is 0.337 e. The van der Waals surface area contributed by atoms with Crippen LogP contribution in [-0.2, 0) is 0 Å². The molecule has 0 radical (unpaired) electrons. The lowest BCUT2D eigenvalue weighted by Crippen LogP contribution is -2.03. The molecule has 1 aromatic carbocycles. The van der Waals surface area contributed by atoms with Crippen LogP contribution in [-0.4, -0.2) is 16.1 Å². The zero-order valence-electron chi connectivity index (χ0n) is 9.02. The third-order valence-electron chi connectivity index (χ3n) is 2.25. The van der Waals surface area contributed by atoms with Crippen LogP contribution in [0.5, 0.6) is 0 Å².